The molecule has 0 fully saturated rings. The van der Waals surface area contributed by atoms with Gasteiger partial charge in [0.2, 0.25) is 0 Å². The van der Waals surface area contributed by atoms with Crippen molar-refractivity contribution < 1.29 is 4.79 Å². The van der Waals surface area contributed by atoms with Gasteiger partial charge < -0.3 is 0 Å². The number of halogens is 2. The van der Waals surface area contributed by atoms with Crippen molar-refractivity contribution in [1.29, 1.82) is 0 Å². The van der Waals surface area contributed by atoms with Crippen LogP contribution in [0.2, 0.25) is 0 Å². The normalized spacial score (nSPS) is 12.6. The predicted molar refractivity (Wildman–Crippen MR) is 60.7 cm³/mol. The minimum Gasteiger partial charge on any atom is -0.298 e. The monoisotopic (exact) mass is 278 g/mol. The molecule has 0 aliphatic carbocycles. The van der Waals surface area contributed by atoms with Crippen LogP contribution >= 0.6 is 40.2 Å². The van der Waals surface area contributed by atoms with E-state index in [9.17, 15) is 4.79 Å². The lowest BCUT2D eigenvalue weighted by Gasteiger charge is -2.06. The SMILES string of the molecule is CC(=O)C(Cl)c1ccc(S)c(Br)c1. The molecule has 13 heavy (non-hydrogen) atoms. The third kappa shape index (κ3) is 2.73. The number of hydrogen-bond acceptors (Lipinski definition) is 2. The summed E-state index contributed by atoms with van der Waals surface area (Å²) < 4.78 is 0.847. The van der Waals surface area contributed by atoms with Gasteiger partial charge in [0, 0.05) is 9.37 Å². The Labute approximate surface area is 96.0 Å². The number of Topliss-reactive ketones (excluding diaryl/α,β-unsaturated/α-hetero) is 1. The third-order valence-corrected chi connectivity index (χ3v) is 3.53. The van der Waals surface area contributed by atoms with E-state index in [0.29, 0.717) is 0 Å². The van der Waals surface area contributed by atoms with Gasteiger partial charge in [0.15, 0.2) is 5.78 Å². The first-order valence-corrected chi connectivity index (χ1v) is 5.33. The number of carbonyl (C=O) groups excluding carboxylic acids is 1. The molecule has 1 atom stereocenters. The molecular weight excluding hydrogens is 272 g/mol. The Balaban J connectivity index is 3.03. The number of alkyl halides is 1. The van der Waals surface area contributed by atoms with Crippen molar-refractivity contribution in [3.8, 4) is 0 Å². The molecule has 0 saturated heterocycles. The van der Waals surface area contributed by atoms with E-state index in [1.165, 1.54) is 6.92 Å². The molecule has 4 heteroatoms. The molecule has 0 N–H and O–H groups in total. The van der Waals surface area contributed by atoms with Crippen LogP contribution in [-0.2, 0) is 4.79 Å². The average Bonchev–Trinajstić information content (AvgIpc) is 2.08. The highest BCUT2D eigenvalue weighted by Crippen LogP contribution is 2.28. The first kappa shape index (κ1) is 11.1. The van der Waals surface area contributed by atoms with Crippen molar-refractivity contribution in [3.05, 3.63) is 28.2 Å². The number of benzene rings is 1. The van der Waals surface area contributed by atoms with Gasteiger partial charge in [0.1, 0.15) is 5.38 Å². The van der Waals surface area contributed by atoms with Gasteiger partial charge >= 0.3 is 0 Å². The van der Waals surface area contributed by atoms with Crippen LogP contribution in [0.1, 0.15) is 17.9 Å². The summed E-state index contributed by atoms with van der Waals surface area (Å²) in [5, 5.41) is -0.565. The predicted octanol–water partition coefficient (Wildman–Crippen LogP) is 3.61. The fourth-order valence-electron chi connectivity index (χ4n) is 0.916. The second kappa shape index (κ2) is 4.49. The number of hydrogen-bond donors (Lipinski definition) is 1. The minimum atomic E-state index is -0.565. The van der Waals surface area contributed by atoms with E-state index < -0.39 is 5.38 Å². The lowest BCUT2D eigenvalue weighted by atomic mass is 10.1. The summed E-state index contributed by atoms with van der Waals surface area (Å²) in [6.45, 7) is 1.47. The maximum atomic E-state index is 11.0. The topological polar surface area (TPSA) is 17.1 Å². The third-order valence-electron chi connectivity index (χ3n) is 1.62. The highest BCUT2D eigenvalue weighted by Gasteiger charge is 2.13. The zero-order chi connectivity index (χ0) is 10.0. The molecule has 1 aromatic rings. The molecule has 0 bridgehead atoms. The van der Waals surface area contributed by atoms with Crippen LogP contribution in [-0.4, -0.2) is 5.78 Å². The summed E-state index contributed by atoms with van der Waals surface area (Å²) in [6.07, 6.45) is 0. The van der Waals surface area contributed by atoms with Crippen molar-refractivity contribution in [1.82, 2.24) is 0 Å². The van der Waals surface area contributed by atoms with Gasteiger partial charge in [-0.3, -0.25) is 4.79 Å². The molecule has 70 valence electrons. The lowest BCUT2D eigenvalue weighted by Crippen LogP contribution is -2.01. The highest BCUT2D eigenvalue weighted by molar-refractivity contribution is 9.10. The maximum absolute atomic E-state index is 11.0. The van der Waals surface area contributed by atoms with E-state index in [4.69, 9.17) is 11.6 Å². The summed E-state index contributed by atoms with van der Waals surface area (Å²) in [6, 6.07) is 5.41. The lowest BCUT2D eigenvalue weighted by molar-refractivity contribution is -0.116. The molecule has 0 spiro atoms. The van der Waals surface area contributed by atoms with Crippen molar-refractivity contribution in [2.75, 3.05) is 0 Å². The molecular formula is C9H8BrClOS. The quantitative estimate of drug-likeness (QED) is 0.646. The first-order valence-electron chi connectivity index (χ1n) is 3.65. The van der Waals surface area contributed by atoms with E-state index in [2.05, 4.69) is 28.6 Å². The average molecular weight is 280 g/mol. The van der Waals surface area contributed by atoms with Crippen molar-refractivity contribution in [3.63, 3.8) is 0 Å². The summed E-state index contributed by atoms with van der Waals surface area (Å²) in [5.74, 6) is -0.0551. The summed E-state index contributed by atoms with van der Waals surface area (Å²) in [4.78, 5) is 11.8. The Morgan fingerprint density at radius 1 is 1.62 bits per heavy atom. The van der Waals surface area contributed by atoms with E-state index in [1.807, 2.05) is 0 Å². The van der Waals surface area contributed by atoms with Crippen molar-refractivity contribution in [2.24, 2.45) is 0 Å². The Hall–Kier alpha value is 0.01000. The number of ketones is 1. The number of thiol groups is 1. The van der Waals surface area contributed by atoms with Crippen molar-refractivity contribution >= 4 is 45.9 Å². The largest absolute Gasteiger partial charge is 0.298 e. The van der Waals surface area contributed by atoms with Crippen LogP contribution in [0.4, 0.5) is 0 Å². The molecule has 0 saturated carbocycles. The zero-order valence-corrected chi connectivity index (χ0v) is 10.2. The second-order valence-corrected chi connectivity index (χ2v) is 4.46. The van der Waals surface area contributed by atoms with Gasteiger partial charge in [-0.25, -0.2) is 0 Å². The molecule has 0 aromatic heterocycles. The standard InChI is InChI=1S/C9H8BrClOS/c1-5(12)9(11)6-2-3-8(13)7(10)4-6/h2-4,9,13H,1H3. The van der Waals surface area contributed by atoms with Gasteiger partial charge in [-0.1, -0.05) is 6.07 Å². The van der Waals surface area contributed by atoms with Gasteiger partial charge in [0.25, 0.3) is 0 Å². The molecule has 1 rings (SSSR count). The van der Waals surface area contributed by atoms with Crippen LogP contribution in [0.5, 0.6) is 0 Å². The summed E-state index contributed by atoms with van der Waals surface area (Å²) >= 11 is 13.4. The molecule has 0 aliphatic rings. The molecule has 1 aromatic carbocycles. The Bertz CT molecular complexity index is 340. The Morgan fingerprint density at radius 3 is 2.69 bits per heavy atom. The van der Waals surface area contributed by atoms with Crippen LogP contribution in [0.3, 0.4) is 0 Å². The summed E-state index contributed by atoms with van der Waals surface area (Å²) in [5.41, 5.74) is 0.791. The molecule has 1 unspecified atom stereocenters. The van der Waals surface area contributed by atoms with Crippen LogP contribution in [0.25, 0.3) is 0 Å². The molecule has 1 nitrogen and oxygen atoms in total. The maximum Gasteiger partial charge on any atom is 0.152 e. The van der Waals surface area contributed by atoms with E-state index >= 15 is 0 Å². The van der Waals surface area contributed by atoms with Gasteiger partial charge in [-0.2, -0.15) is 0 Å². The van der Waals surface area contributed by atoms with E-state index in [1.54, 1.807) is 18.2 Å². The second-order valence-electron chi connectivity index (χ2n) is 2.68. The molecule has 0 amide bonds. The minimum absolute atomic E-state index is 0.0551. The Kier molecular flexibility index (Phi) is 3.83. The smallest absolute Gasteiger partial charge is 0.152 e. The number of rotatable bonds is 2. The highest BCUT2D eigenvalue weighted by atomic mass is 79.9. The number of carbonyl (C=O) groups is 1. The summed E-state index contributed by atoms with van der Waals surface area (Å²) in [7, 11) is 0. The van der Waals surface area contributed by atoms with E-state index in [-0.39, 0.29) is 5.78 Å². The van der Waals surface area contributed by atoms with Crippen LogP contribution < -0.4 is 0 Å². The Morgan fingerprint density at radius 2 is 2.23 bits per heavy atom. The van der Waals surface area contributed by atoms with Gasteiger partial charge in [0.05, 0.1) is 0 Å². The molecule has 0 radical (unpaired) electrons. The van der Waals surface area contributed by atoms with Crippen LogP contribution in [0, 0.1) is 0 Å². The van der Waals surface area contributed by atoms with Gasteiger partial charge in [-0.15, -0.1) is 24.2 Å². The fraction of sp³-hybridized carbons (Fsp3) is 0.222. The first-order chi connectivity index (χ1) is 6.02. The fourth-order valence-corrected chi connectivity index (χ4v) is 1.59. The van der Waals surface area contributed by atoms with Crippen LogP contribution in [0.15, 0.2) is 27.6 Å². The molecule has 0 heterocycles. The zero-order valence-electron chi connectivity index (χ0n) is 6.92. The van der Waals surface area contributed by atoms with E-state index in [0.717, 1.165) is 14.9 Å². The van der Waals surface area contributed by atoms with Gasteiger partial charge in [-0.05, 0) is 40.5 Å². The molecule has 0 aliphatic heterocycles. The van der Waals surface area contributed by atoms with Crippen molar-refractivity contribution in [2.45, 2.75) is 17.2 Å².